The third-order valence-corrected chi connectivity index (χ3v) is 6.69. The van der Waals surface area contributed by atoms with Crippen LogP contribution in [-0.2, 0) is 11.2 Å². The van der Waals surface area contributed by atoms with Crippen molar-refractivity contribution in [3.8, 4) is 5.75 Å². The highest BCUT2D eigenvalue weighted by atomic mass is 127. The van der Waals surface area contributed by atoms with E-state index < -0.39 is 0 Å². The second kappa shape index (κ2) is 12.1. The number of thioether (sulfide) groups is 1. The van der Waals surface area contributed by atoms with E-state index in [4.69, 9.17) is 9.47 Å². The van der Waals surface area contributed by atoms with Gasteiger partial charge in [0.1, 0.15) is 5.75 Å². The van der Waals surface area contributed by atoms with Gasteiger partial charge in [0.15, 0.2) is 5.96 Å². The predicted molar refractivity (Wildman–Crippen MR) is 129 cm³/mol. The Labute approximate surface area is 190 Å². The predicted octanol–water partition coefficient (Wildman–Crippen LogP) is 2.23. The minimum Gasteiger partial charge on any atom is -0.496 e. The van der Waals surface area contributed by atoms with Crippen LogP contribution in [-0.4, -0.2) is 81.5 Å². The highest BCUT2D eigenvalue weighted by molar-refractivity contribution is 14.0. The van der Waals surface area contributed by atoms with Crippen LogP contribution in [0.4, 0.5) is 0 Å². The molecule has 0 amide bonds. The Balaban J connectivity index is 0.00000280. The summed E-state index contributed by atoms with van der Waals surface area (Å²) in [5, 5.41) is 7.02. The normalized spacial score (nSPS) is 23.1. The average molecular weight is 520 g/mol. The van der Waals surface area contributed by atoms with E-state index in [-0.39, 0.29) is 29.5 Å². The number of benzene rings is 1. The third kappa shape index (κ3) is 6.14. The number of aliphatic imine (C=N–C) groups is 1. The van der Waals surface area contributed by atoms with Crippen LogP contribution in [0.1, 0.15) is 12.0 Å². The van der Waals surface area contributed by atoms with Crippen molar-refractivity contribution in [1.29, 1.82) is 0 Å². The summed E-state index contributed by atoms with van der Waals surface area (Å²) in [6.45, 7) is 5.49. The molecule has 0 bridgehead atoms. The molecule has 0 aliphatic carbocycles. The molecule has 2 aliphatic rings. The van der Waals surface area contributed by atoms with Crippen LogP contribution in [0.3, 0.4) is 0 Å². The molecule has 8 heteroatoms. The summed E-state index contributed by atoms with van der Waals surface area (Å²) < 4.78 is 11.0. The van der Waals surface area contributed by atoms with Crippen LogP contribution in [0.2, 0.25) is 0 Å². The van der Waals surface area contributed by atoms with Crippen LogP contribution in [0.25, 0.3) is 0 Å². The molecule has 0 radical (unpaired) electrons. The van der Waals surface area contributed by atoms with Gasteiger partial charge in [-0.3, -0.25) is 9.89 Å². The fourth-order valence-corrected chi connectivity index (χ4v) is 5.31. The maximum Gasteiger partial charge on any atom is 0.191 e. The van der Waals surface area contributed by atoms with E-state index in [1.807, 2.05) is 19.2 Å². The lowest BCUT2D eigenvalue weighted by Crippen LogP contribution is -2.60. The zero-order valence-corrected chi connectivity index (χ0v) is 20.1. The van der Waals surface area contributed by atoms with Crippen molar-refractivity contribution >= 4 is 41.7 Å². The SMILES string of the molecule is CN=C(NCCc1ccccc1OC)NCC1(N2CCOCC2)CCSC1.I. The second-order valence-electron chi connectivity index (χ2n) is 7.04. The molecular weight excluding hydrogens is 487 g/mol. The van der Waals surface area contributed by atoms with Gasteiger partial charge in [-0.1, -0.05) is 18.2 Å². The van der Waals surface area contributed by atoms with Crippen molar-refractivity contribution in [2.75, 3.05) is 65.1 Å². The smallest absolute Gasteiger partial charge is 0.191 e. The largest absolute Gasteiger partial charge is 0.496 e. The Kier molecular flexibility index (Phi) is 10.2. The summed E-state index contributed by atoms with van der Waals surface area (Å²) in [6, 6.07) is 8.17. The Morgan fingerprint density at radius 3 is 2.75 bits per heavy atom. The number of halogens is 1. The number of nitrogens with zero attached hydrogens (tertiary/aromatic N) is 2. The van der Waals surface area contributed by atoms with Crippen LogP contribution in [0.5, 0.6) is 5.75 Å². The summed E-state index contributed by atoms with van der Waals surface area (Å²) in [6.07, 6.45) is 2.12. The first-order valence-electron chi connectivity index (χ1n) is 9.74. The van der Waals surface area contributed by atoms with Crippen LogP contribution >= 0.6 is 35.7 Å². The number of hydrogen-bond donors (Lipinski definition) is 2. The summed E-state index contributed by atoms with van der Waals surface area (Å²) in [4.78, 5) is 7.03. The third-order valence-electron chi connectivity index (χ3n) is 5.45. The van der Waals surface area contributed by atoms with Crippen LogP contribution in [0.15, 0.2) is 29.3 Å². The fourth-order valence-electron chi connectivity index (χ4n) is 3.83. The number of rotatable bonds is 7. The van der Waals surface area contributed by atoms with E-state index in [1.54, 1.807) is 7.11 Å². The summed E-state index contributed by atoms with van der Waals surface area (Å²) >= 11 is 2.06. The zero-order chi connectivity index (χ0) is 19.0. The molecule has 0 aromatic heterocycles. The molecule has 28 heavy (non-hydrogen) atoms. The maximum absolute atomic E-state index is 5.55. The molecule has 2 N–H and O–H groups in total. The minimum atomic E-state index is 0. The van der Waals surface area contributed by atoms with E-state index in [2.05, 4.69) is 44.4 Å². The van der Waals surface area contributed by atoms with E-state index in [0.717, 1.165) is 57.5 Å². The molecule has 2 saturated heterocycles. The number of morpholine rings is 1. The van der Waals surface area contributed by atoms with Gasteiger partial charge in [0, 0.05) is 44.5 Å². The lowest BCUT2D eigenvalue weighted by atomic mass is 9.95. The second-order valence-corrected chi connectivity index (χ2v) is 8.15. The van der Waals surface area contributed by atoms with Gasteiger partial charge in [-0.2, -0.15) is 11.8 Å². The lowest BCUT2D eigenvalue weighted by Gasteiger charge is -2.43. The quantitative estimate of drug-likeness (QED) is 0.327. The standard InChI is InChI=1S/C20H32N4O2S.HI/c1-21-19(22-9-7-17-5-3-4-6-18(17)25-2)23-15-20(8-14-27-16-20)24-10-12-26-13-11-24;/h3-6H,7-16H2,1-2H3,(H2,21,22,23);1H. The monoisotopic (exact) mass is 520 g/mol. The van der Waals surface area contributed by atoms with Crippen molar-refractivity contribution in [2.45, 2.75) is 18.4 Å². The van der Waals surface area contributed by atoms with Crippen LogP contribution < -0.4 is 15.4 Å². The van der Waals surface area contributed by atoms with E-state index in [9.17, 15) is 0 Å². The van der Waals surface area contributed by atoms with Crippen molar-refractivity contribution < 1.29 is 9.47 Å². The van der Waals surface area contributed by atoms with Gasteiger partial charge in [-0.15, -0.1) is 24.0 Å². The maximum atomic E-state index is 5.55. The number of hydrogen-bond acceptors (Lipinski definition) is 5. The molecule has 0 saturated carbocycles. The molecule has 2 aliphatic heterocycles. The lowest BCUT2D eigenvalue weighted by molar-refractivity contribution is -0.0120. The zero-order valence-electron chi connectivity index (χ0n) is 16.9. The Morgan fingerprint density at radius 2 is 2.07 bits per heavy atom. The van der Waals surface area contributed by atoms with Gasteiger partial charge >= 0.3 is 0 Å². The molecule has 1 aromatic carbocycles. The molecule has 1 atom stereocenters. The highest BCUT2D eigenvalue weighted by Gasteiger charge is 2.40. The molecule has 158 valence electrons. The van der Waals surface area contributed by atoms with Crippen molar-refractivity contribution in [3.63, 3.8) is 0 Å². The van der Waals surface area contributed by atoms with Crippen LogP contribution in [0, 0.1) is 0 Å². The van der Waals surface area contributed by atoms with E-state index in [0.29, 0.717) is 0 Å². The molecule has 6 nitrogen and oxygen atoms in total. The van der Waals surface area contributed by atoms with Gasteiger partial charge in [0.25, 0.3) is 0 Å². The fraction of sp³-hybridized carbons (Fsp3) is 0.650. The molecule has 3 rings (SSSR count). The topological polar surface area (TPSA) is 58.1 Å². The first-order valence-corrected chi connectivity index (χ1v) is 10.9. The van der Waals surface area contributed by atoms with Gasteiger partial charge in [0.2, 0.25) is 0 Å². The molecule has 2 heterocycles. The van der Waals surface area contributed by atoms with Gasteiger partial charge < -0.3 is 20.1 Å². The van der Waals surface area contributed by atoms with Gasteiger partial charge in [-0.05, 0) is 30.2 Å². The minimum absolute atomic E-state index is 0. The molecule has 0 spiro atoms. The van der Waals surface area contributed by atoms with E-state index in [1.165, 1.54) is 23.5 Å². The Bertz CT molecular complexity index is 620. The number of nitrogens with one attached hydrogen (secondary N) is 2. The number of para-hydroxylation sites is 1. The molecule has 2 fully saturated rings. The summed E-state index contributed by atoms with van der Waals surface area (Å²) in [5.41, 5.74) is 1.43. The summed E-state index contributed by atoms with van der Waals surface area (Å²) in [7, 11) is 3.56. The van der Waals surface area contributed by atoms with E-state index >= 15 is 0 Å². The highest BCUT2D eigenvalue weighted by Crippen LogP contribution is 2.33. The average Bonchev–Trinajstić information content (AvgIpc) is 3.21. The first-order chi connectivity index (χ1) is 13.3. The number of methoxy groups -OCH3 is 1. The number of ether oxygens (including phenoxy) is 2. The molecule has 1 aromatic rings. The molecular formula is C20H33IN4O2S. The molecule has 1 unspecified atom stereocenters. The van der Waals surface area contributed by atoms with Gasteiger partial charge in [0.05, 0.1) is 20.3 Å². The Morgan fingerprint density at radius 1 is 1.29 bits per heavy atom. The first kappa shape index (κ1) is 23.6. The van der Waals surface area contributed by atoms with Crippen molar-refractivity contribution in [1.82, 2.24) is 15.5 Å². The number of guanidine groups is 1. The Hall–Kier alpha value is -0.710. The summed E-state index contributed by atoms with van der Waals surface area (Å²) in [5.74, 6) is 4.22. The van der Waals surface area contributed by atoms with Crippen molar-refractivity contribution in [3.05, 3.63) is 29.8 Å². The van der Waals surface area contributed by atoms with Crippen molar-refractivity contribution in [2.24, 2.45) is 4.99 Å². The van der Waals surface area contributed by atoms with Gasteiger partial charge in [-0.25, -0.2) is 0 Å².